The number of aryl methyl sites for hydroxylation is 1. The van der Waals surface area contributed by atoms with Crippen molar-refractivity contribution in [2.24, 2.45) is 0 Å². The number of hydrogen-bond donors (Lipinski definition) is 1. The Balaban J connectivity index is 2.67. The minimum atomic E-state index is -1.08. The Morgan fingerprint density at radius 3 is 2.68 bits per heavy atom. The molecule has 100 valence electrons. The van der Waals surface area contributed by atoms with Crippen LogP contribution in [0.25, 0.3) is 5.69 Å². The lowest BCUT2D eigenvalue weighted by molar-refractivity contribution is 0.0696. The van der Waals surface area contributed by atoms with E-state index < -0.39 is 5.97 Å². The van der Waals surface area contributed by atoms with Gasteiger partial charge in [0.25, 0.3) is 0 Å². The molecule has 0 aliphatic heterocycles. The van der Waals surface area contributed by atoms with Gasteiger partial charge in [-0.05, 0) is 18.6 Å². The lowest BCUT2D eigenvalue weighted by Gasteiger charge is -2.08. The van der Waals surface area contributed by atoms with Crippen LogP contribution in [0.3, 0.4) is 0 Å². The number of carboxylic acids is 1. The predicted octanol–water partition coefficient (Wildman–Crippen LogP) is 2.79. The second-order valence-electron chi connectivity index (χ2n) is 3.85. The lowest BCUT2D eigenvalue weighted by atomic mass is 10.2. The summed E-state index contributed by atoms with van der Waals surface area (Å²) in [7, 11) is 1.54. The predicted molar refractivity (Wildman–Crippen MR) is 71.5 cm³/mol. The van der Waals surface area contributed by atoms with Gasteiger partial charge in [0.1, 0.15) is 22.2 Å². The van der Waals surface area contributed by atoms with E-state index in [1.54, 1.807) is 12.1 Å². The summed E-state index contributed by atoms with van der Waals surface area (Å²) in [6.45, 7) is 1.83. The SMILES string of the molecule is CCc1nn(-c2ccccc2OC)c(Cl)c1C(=O)O. The highest BCUT2D eigenvalue weighted by molar-refractivity contribution is 6.33. The van der Waals surface area contributed by atoms with Crippen LogP contribution >= 0.6 is 11.6 Å². The van der Waals surface area contributed by atoms with E-state index in [-0.39, 0.29) is 10.7 Å². The van der Waals surface area contributed by atoms with Crippen LogP contribution in [0.1, 0.15) is 23.0 Å². The Bertz CT molecular complexity index is 622. The smallest absolute Gasteiger partial charge is 0.340 e. The van der Waals surface area contributed by atoms with E-state index in [1.165, 1.54) is 11.8 Å². The maximum atomic E-state index is 11.2. The fraction of sp³-hybridized carbons (Fsp3) is 0.231. The molecule has 0 spiro atoms. The van der Waals surface area contributed by atoms with Crippen LogP contribution in [0.5, 0.6) is 5.75 Å². The molecular weight excluding hydrogens is 268 g/mol. The first kappa shape index (κ1) is 13.4. The van der Waals surface area contributed by atoms with Gasteiger partial charge in [-0.3, -0.25) is 0 Å². The number of carbonyl (C=O) groups is 1. The Labute approximate surface area is 115 Å². The van der Waals surface area contributed by atoms with Gasteiger partial charge < -0.3 is 9.84 Å². The first-order valence-corrected chi connectivity index (χ1v) is 6.12. The first-order chi connectivity index (χ1) is 9.10. The van der Waals surface area contributed by atoms with Crippen molar-refractivity contribution in [1.29, 1.82) is 0 Å². The molecule has 1 aromatic heterocycles. The molecule has 1 N–H and O–H groups in total. The summed E-state index contributed by atoms with van der Waals surface area (Å²) < 4.78 is 6.62. The highest BCUT2D eigenvalue weighted by Crippen LogP contribution is 2.29. The molecule has 0 saturated heterocycles. The Morgan fingerprint density at radius 2 is 2.16 bits per heavy atom. The van der Waals surface area contributed by atoms with Gasteiger partial charge in [0.2, 0.25) is 0 Å². The number of aromatic nitrogens is 2. The summed E-state index contributed by atoms with van der Waals surface area (Å²) in [5.41, 5.74) is 1.09. The molecule has 19 heavy (non-hydrogen) atoms. The number of benzene rings is 1. The zero-order chi connectivity index (χ0) is 14.0. The summed E-state index contributed by atoms with van der Waals surface area (Å²) >= 11 is 6.13. The van der Waals surface area contributed by atoms with E-state index in [4.69, 9.17) is 16.3 Å². The van der Waals surface area contributed by atoms with Crippen molar-refractivity contribution in [2.75, 3.05) is 7.11 Å². The number of ether oxygens (including phenoxy) is 1. The molecule has 0 aliphatic carbocycles. The number of aromatic carboxylic acids is 1. The van der Waals surface area contributed by atoms with Gasteiger partial charge in [0.15, 0.2) is 0 Å². The summed E-state index contributed by atoms with van der Waals surface area (Å²) in [6.07, 6.45) is 0.490. The molecule has 5 nitrogen and oxygen atoms in total. The first-order valence-electron chi connectivity index (χ1n) is 5.74. The molecule has 0 atom stereocenters. The van der Waals surface area contributed by atoms with Gasteiger partial charge in [0, 0.05) is 0 Å². The van der Waals surface area contributed by atoms with E-state index in [0.717, 1.165) is 0 Å². The highest BCUT2D eigenvalue weighted by atomic mass is 35.5. The highest BCUT2D eigenvalue weighted by Gasteiger charge is 2.22. The van der Waals surface area contributed by atoms with Crippen LogP contribution < -0.4 is 4.74 Å². The summed E-state index contributed by atoms with van der Waals surface area (Å²) in [6, 6.07) is 7.16. The number of halogens is 1. The molecule has 2 rings (SSSR count). The van der Waals surface area contributed by atoms with E-state index in [9.17, 15) is 9.90 Å². The van der Waals surface area contributed by atoms with E-state index in [1.807, 2.05) is 19.1 Å². The van der Waals surface area contributed by atoms with Crippen molar-refractivity contribution in [3.63, 3.8) is 0 Å². The third-order valence-corrected chi connectivity index (χ3v) is 3.11. The van der Waals surface area contributed by atoms with E-state index >= 15 is 0 Å². The summed E-state index contributed by atoms with van der Waals surface area (Å²) in [4.78, 5) is 11.2. The molecule has 0 unspecified atom stereocenters. The number of rotatable bonds is 4. The number of carboxylic acid groups (broad SMARTS) is 1. The van der Waals surface area contributed by atoms with Gasteiger partial charge in [-0.25, -0.2) is 9.48 Å². The molecule has 0 aliphatic rings. The van der Waals surface area contributed by atoms with Gasteiger partial charge in [-0.2, -0.15) is 5.10 Å². The average Bonchev–Trinajstić information content (AvgIpc) is 2.75. The second-order valence-corrected chi connectivity index (χ2v) is 4.21. The molecule has 0 amide bonds. The topological polar surface area (TPSA) is 64.4 Å². The monoisotopic (exact) mass is 280 g/mol. The zero-order valence-electron chi connectivity index (χ0n) is 10.6. The second kappa shape index (κ2) is 5.32. The van der Waals surface area contributed by atoms with E-state index in [0.29, 0.717) is 23.6 Å². The van der Waals surface area contributed by atoms with Gasteiger partial charge in [0.05, 0.1) is 12.8 Å². The molecular formula is C13H13ClN2O3. The van der Waals surface area contributed by atoms with Crippen molar-refractivity contribution >= 4 is 17.6 Å². The molecule has 2 aromatic rings. The molecule has 0 fully saturated rings. The van der Waals surface area contributed by atoms with Gasteiger partial charge in [-0.1, -0.05) is 30.7 Å². The van der Waals surface area contributed by atoms with Crippen molar-refractivity contribution in [3.05, 3.63) is 40.7 Å². The van der Waals surface area contributed by atoms with Gasteiger partial charge >= 0.3 is 5.97 Å². The standard InChI is InChI=1S/C13H13ClN2O3/c1-3-8-11(13(17)18)12(14)16(15-8)9-6-4-5-7-10(9)19-2/h4-7H,3H2,1-2H3,(H,17,18). The third-order valence-electron chi connectivity index (χ3n) is 2.76. The lowest BCUT2D eigenvalue weighted by Crippen LogP contribution is -2.01. The molecule has 1 aromatic carbocycles. The molecule has 1 heterocycles. The Morgan fingerprint density at radius 1 is 1.47 bits per heavy atom. The molecule has 0 radical (unpaired) electrons. The zero-order valence-corrected chi connectivity index (χ0v) is 11.3. The Kier molecular flexibility index (Phi) is 3.76. The Hall–Kier alpha value is -2.01. The maximum Gasteiger partial charge on any atom is 0.340 e. The maximum absolute atomic E-state index is 11.2. The molecule has 0 saturated carbocycles. The minimum Gasteiger partial charge on any atom is -0.494 e. The number of para-hydroxylation sites is 2. The van der Waals surface area contributed by atoms with Crippen molar-refractivity contribution in [2.45, 2.75) is 13.3 Å². The molecule has 6 heteroatoms. The number of hydrogen-bond acceptors (Lipinski definition) is 3. The van der Waals surface area contributed by atoms with Crippen LogP contribution in [0.2, 0.25) is 5.15 Å². The van der Waals surface area contributed by atoms with E-state index in [2.05, 4.69) is 5.10 Å². The number of nitrogens with zero attached hydrogens (tertiary/aromatic N) is 2. The van der Waals surface area contributed by atoms with Crippen molar-refractivity contribution in [1.82, 2.24) is 9.78 Å². The number of methoxy groups -OCH3 is 1. The van der Waals surface area contributed by atoms with Crippen LogP contribution in [0.15, 0.2) is 24.3 Å². The van der Waals surface area contributed by atoms with Crippen molar-refractivity contribution < 1.29 is 14.6 Å². The average molecular weight is 281 g/mol. The summed E-state index contributed by atoms with van der Waals surface area (Å²) in [5.74, 6) is -0.505. The molecule has 0 bridgehead atoms. The van der Waals surface area contributed by atoms with Crippen LogP contribution in [0.4, 0.5) is 0 Å². The van der Waals surface area contributed by atoms with Crippen LogP contribution in [-0.2, 0) is 6.42 Å². The normalized spacial score (nSPS) is 10.5. The van der Waals surface area contributed by atoms with Crippen molar-refractivity contribution in [3.8, 4) is 11.4 Å². The third kappa shape index (κ3) is 2.29. The summed E-state index contributed by atoms with van der Waals surface area (Å²) in [5, 5.41) is 13.5. The van der Waals surface area contributed by atoms with Crippen LogP contribution in [-0.4, -0.2) is 28.0 Å². The van der Waals surface area contributed by atoms with Gasteiger partial charge in [-0.15, -0.1) is 0 Å². The van der Waals surface area contributed by atoms with Crippen LogP contribution in [0, 0.1) is 0 Å². The largest absolute Gasteiger partial charge is 0.494 e. The fourth-order valence-electron chi connectivity index (χ4n) is 1.86. The fourth-order valence-corrected chi connectivity index (χ4v) is 2.18. The quantitative estimate of drug-likeness (QED) is 0.935. The minimum absolute atomic E-state index is 0.0371.